The molecule has 6 heteroatoms. The van der Waals surface area contributed by atoms with Crippen LogP contribution in [0.5, 0.6) is 0 Å². The Hall–Kier alpha value is -1.36. The molecule has 0 radical (unpaired) electrons. The number of aryl methyl sites for hydroxylation is 1. The van der Waals surface area contributed by atoms with Crippen molar-refractivity contribution in [3.8, 4) is 0 Å². The topological polar surface area (TPSA) is 55.1 Å². The lowest BCUT2D eigenvalue weighted by molar-refractivity contribution is -0.121. The van der Waals surface area contributed by atoms with Crippen LogP contribution < -0.4 is 11.1 Å². The Labute approximate surface area is 105 Å². The van der Waals surface area contributed by atoms with Crippen LogP contribution in [-0.2, 0) is 11.2 Å². The summed E-state index contributed by atoms with van der Waals surface area (Å²) in [5.74, 6) is -0.386. The molecule has 0 aromatic heterocycles. The third-order valence-electron chi connectivity index (χ3n) is 2.13. The van der Waals surface area contributed by atoms with Gasteiger partial charge in [-0.1, -0.05) is 18.2 Å². The highest BCUT2D eigenvalue weighted by Crippen LogP contribution is 2.12. The number of rotatable bonds is 5. The average Bonchev–Trinajstić information content (AvgIpc) is 2.25. The van der Waals surface area contributed by atoms with Crippen LogP contribution in [0.3, 0.4) is 0 Å². The molecular weight excluding hydrogens is 250 g/mol. The Bertz CT molecular complexity index is 361. The van der Waals surface area contributed by atoms with E-state index >= 15 is 0 Å². The molecule has 3 nitrogen and oxygen atoms in total. The molecule has 3 N–H and O–H groups in total. The number of nitrogens with two attached hydrogens (primary N) is 1. The van der Waals surface area contributed by atoms with E-state index in [1.54, 1.807) is 12.1 Å². The fraction of sp³-hybridized carbons (Fsp3) is 0.364. The van der Waals surface area contributed by atoms with Crippen LogP contribution in [0.15, 0.2) is 24.3 Å². The standard InChI is InChI=1S/C11H14F2N2O.ClH/c12-10(13)7-15-11(16)6-5-8-3-1-2-4-9(8)14;/h1-4,10H,5-7,14H2,(H,15,16);1H. The first-order valence-electron chi connectivity index (χ1n) is 4.98. The lowest BCUT2D eigenvalue weighted by atomic mass is 10.1. The first-order chi connectivity index (χ1) is 7.59. The van der Waals surface area contributed by atoms with E-state index in [1.165, 1.54) is 0 Å². The molecule has 1 aromatic rings. The number of hydrogen-bond acceptors (Lipinski definition) is 2. The van der Waals surface area contributed by atoms with E-state index in [0.717, 1.165) is 5.56 Å². The third kappa shape index (κ3) is 6.06. The number of amides is 1. The predicted molar refractivity (Wildman–Crippen MR) is 65.4 cm³/mol. The van der Waals surface area contributed by atoms with E-state index in [-0.39, 0.29) is 24.7 Å². The van der Waals surface area contributed by atoms with E-state index in [4.69, 9.17) is 5.73 Å². The van der Waals surface area contributed by atoms with Crippen molar-refractivity contribution in [1.82, 2.24) is 5.32 Å². The molecule has 0 heterocycles. The van der Waals surface area contributed by atoms with Crippen molar-refractivity contribution in [2.45, 2.75) is 19.3 Å². The molecule has 0 spiro atoms. The molecule has 0 atom stereocenters. The first kappa shape index (κ1) is 15.6. The smallest absolute Gasteiger partial charge is 0.255 e. The first-order valence-corrected chi connectivity index (χ1v) is 4.98. The number of carbonyl (C=O) groups is 1. The summed E-state index contributed by atoms with van der Waals surface area (Å²) in [6.07, 6.45) is -1.88. The zero-order valence-electron chi connectivity index (χ0n) is 9.16. The average molecular weight is 265 g/mol. The van der Waals surface area contributed by atoms with Gasteiger partial charge in [-0.15, -0.1) is 12.4 Å². The highest BCUT2D eigenvalue weighted by Gasteiger charge is 2.07. The molecule has 0 fully saturated rings. The van der Waals surface area contributed by atoms with Gasteiger partial charge in [-0.05, 0) is 18.1 Å². The largest absolute Gasteiger partial charge is 0.399 e. The van der Waals surface area contributed by atoms with Gasteiger partial charge < -0.3 is 11.1 Å². The van der Waals surface area contributed by atoms with Gasteiger partial charge in [-0.3, -0.25) is 4.79 Å². The van der Waals surface area contributed by atoms with Gasteiger partial charge in [0.15, 0.2) is 0 Å². The second kappa shape index (κ2) is 7.84. The Morgan fingerprint density at radius 1 is 1.35 bits per heavy atom. The summed E-state index contributed by atoms with van der Waals surface area (Å²) in [4.78, 5) is 11.1. The van der Waals surface area contributed by atoms with Crippen molar-refractivity contribution in [3.05, 3.63) is 29.8 Å². The quantitative estimate of drug-likeness (QED) is 0.800. The van der Waals surface area contributed by atoms with E-state index in [0.29, 0.717) is 12.1 Å². The molecular formula is C11H15ClF2N2O. The SMILES string of the molecule is Cl.Nc1ccccc1CCC(=O)NCC(F)F. The molecule has 0 unspecified atom stereocenters. The second-order valence-electron chi connectivity index (χ2n) is 3.39. The normalized spacial score (nSPS) is 9.82. The fourth-order valence-electron chi connectivity index (χ4n) is 1.29. The van der Waals surface area contributed by atoms with Gasteiger partial charge in [0.05, 0.1) is 6.54 Å². The van der Waals surface area contributed by atoms with Gasteiger partial charge in [-0.25, -0.2) is 8.78 Å². The number of anilines is 1. The van der Waals surface area contributed by atoms with Gasteiger partial charge in [-0.2, -0.15) is 0 Å². The number of para-hydroxylation sites is 1. The van der Waals surface area contributed by atoms with E-state index in [9.17, 15) is 13.6 Å². The summed E-state index contributed by atoms with van der Waals surface area (Å²) in [6, 6.07) is 7.18. The van der Waals surface area contributed by atoms with Crippen LogP contribution >= 0.6 is 12.4 Å². The number of hydrogen-bond donors (Lipinski definition) is 2. The van der Waals surface area contributed by atoms with Crippen LogP contribution in [0, 0.1) is 0 Å². The molecule has 1 amide bonds. The maximum atomic E-state index is 11.8. The Morgan fingerprint density at radius 3 is 2.59 bits per heavy atom. The number of alkyl halides is 2. The van der Waals surface area contributed by atoms with Crippen LogP contribution in [0.25, 0.3) is 0 Å². The van der Waals surface area contributed by atoms with Gasteiger partial charge in [0.25, 0.3) is 6.43 Å². The molecule has 0 aliphatic rings. The molecule has 0 aliphatic carbocycles. The summed E-state index contributed by atoms with van der Waals surface area (Å²) in [5, 5.41) is 2.14. The fourth-order valence-corrected chi connectivity index (χ4v) is 1.29. The number of nitrogen functional groups attached to an aromatic ring is 1. The van der Waals surface area contributed by atoms with Crippen LogP contribution in [0.1, 0.15) is 12.0 Å². The Kier molecular flexibility index (Phi) is 7.21. The second-order valence-corrected chi connectivity index (χ2v) is 3.39. The molecule has 0 saturated heterocycles. The lowest BCUT2D eigenvalue weighted by Gasteiger charge is -2.06. The zero-order valence-corrected chi connectivity index (χ0v) is 9.97. The molecule has 96 valence electrons. The van der Waals surface area contributed by atoms with Gasteiger partial charge in [0.1, 0.15) is 0 Å². The molecule has 0 saturated carbocycles. The highest BCUT2D eigenvalue weighted by atomic mass is 35.5. The Balaban J connectivity index is 0.00000256. The van der Waals surface area contributed by atoms with E-state index < -0.39 is 13.0 Å². The summed E-state index contributed by atoms with van der Waals surface area (Å²) < 4.78 is 23.6. The minimum atomic E-state index is -2.51. The van der Waals surface area contributed by atoms with Crippen LogP contribution in [-0.4, -0.2) is 18.9 Å². The lowest BCUT2D eigenvalue weighted by Crippen LogP contribution is -2.28. The monoisotopic (exact) mass is 264 g/mol. The third-order valence-corrected chi connectivity index (χ3v) is 2.13. The minimum absolute atomic E-state index is 0. The molecule has 17 heavy (non-hydrogen) atoms. The van der Waals surface area contributed by atoms with Crippen molar-refractivity contribution < 1.29 is 13.6 Å². The number of carbonyl (C=O) groups excluding carboxylic acids is 1. The Morgan fingerprint density at radius 2 is 2.00 bits per heavy atom. The summed E-state index contributed by atoms with van der Waals surface area (Å²) in [7, 11) is 0. The summed E-state index contributed by atoms with van der Waals surface area (Å²) >= 11 is 0. The van der Waals surface area contributed by atoms with Gasteiger partial charge >= 0.3 is 0 Å². The van der Waals surface area contributed by atoms with Crippen molar-refractivity contribution in [2.75, 3.05) is 12.3 Å². The molecule has 1 aromatic carbocycles. The van der Waals surface area contributed by atoms with Crippen LogP contribution in [0.2, 0.25) is 0 Å². The number of nitrogens with one attached hydrogen (secondary N) is 1. The molecule has 0 aliphatic heterocycles. The molecule has 1 rings (SSSR count). The van der Waals surface area contributed by atoms with Gasteiger partial charge in [0, 0.05) is 12.1 Å². The van der Waals surface area contributed by atoms with Crippen LogP contribution in [0.4, 0.5) is 14.5 Å². The summed E-state index contributed by atoms with van der Waals surface area (Å²) in [6.45, 7) is -0.594. The maximum Gasteiger partial charge on any atom is 0.255 e. The molecule has 0 bridgehead atoms. The zero-order chi connectivity index (χ0) is 12.0. The maximum absolute atomic E-state index is 11.8. The van der Waals surface area contributed by atoms with Crippen molar-refractivity contribution in [3.63, 3.8) is 0 Å². The van der Waals surface area contributed by atoms with Crippen molar-refractivity contribution in [2.24, 2.45) is 0 Å². The van der Waals surface area contributed by atoms with E-state index in [1.807, 2.05) is 12.1 Å². The minimum Gasteiger partial charge on any atom is -0.399 e. The van der Waals surface area contributed by atoms with E-state index in [2.05, 4.69) is 5.32 Å². The van der Waals surface area contributed by atoms with Gasteiger partial charge in [0.2, 0.25) is 5.91 Å². The van der Waals surface area contributed by atoms with Crippen molar-refractivity contribution >= 4 is 24.0 Å². The number of benzene rings is 1. The number of halogens is 3. The predicted octanol–water partition coefficient (Wildman–Crippen LogP) is 2.00. The highest BCUT2D eigenvalue weighted by molar-refractivity contribution is 5.85. The van der Waals surface area contributed by atoms with Crippen molar-refractivity contribution in [1.29, 1.82) is 0 Å². The summed E-state index contributed by atoms with van der Waals surface area (Å²) in [5.41, 5.74) is 7.15.